The first-order valence-corrected chi connectivity index (χ1v) is 7.40. The van der Waals surface area contributed by atoms with Gasteiger partial charge in [-0.15, -0.1) is 12.4 Å². The van der Waals surface area contributed by atoms with Gasteiger partial charge in [0.25, 0.3) is 5.91 Å². The summed E-state index contributed by atoms with van der Waals surface area (Å²) in [7, 11) is 1.92. The zero-order valence-corrected chi connectivity index (χ0v) is 13.6. The Morgan fingerprint density at radius 2 is 2.10 bits per heavy atom. The first-order chi connectivity index (χ1) is 9.74. The molecule has 0 spiro atoms. The first-order valence-electron chi connectivity index (χ1n) is 7.40. The van der Waals surface area contributed by atoms with E-state index in [9.17, 15) is 4.79 Å². The van der Waals surface area contributed by atoms with Gasteiger partial charge in [0.2, 0.25) is 0 Å². The van der Waals surface area contributed by atoms with E-state index in [0.29, 0.717) is 6.04 Å². The van der Waals surface area contributed by atoms with Crippen LogP contribution in [0.5, 0.6) is 5.75 Å². The second-order valence-electron chi connectivity index (χ2n) is 5.23. The Balaban J connectivity index is 0.00000220. The van der Waals surface area contributed by atoms with Gasteiger partial charge in [-0.25, -0.2) is 0 Å². The smallest absolute Gasteiger partial charge is 0.260 e. The summed E-state index contributed by atoms with van der Waals surface area (Å²) < 4.78 is 5.59. The molecule has 0 bridgehead atoms. The van der Waals surface area contributed by atoms with Crippen molar-refractivity contribution in [1.82, 2.24) is 10.2 Å². The molecule has 0 radical (unpaired) electrons. The molecule has 1 aromatic rings. The number of carbonyl (C=O) groups is 1. The Labute approximate surface area is 133 Å². The lowest BCUT2D eigenvalue weighted by molar-refractivity contribution is -0.134. The number of benzene rings is 1. The standard InChI is InChI=1S/C16H24N2O2.ClH/c1-3-13-6-8-15(9-7-13)20-12-16(19)18-10-4-5-14(18)11-17-2;/h6-9,14,17H,3-5,10-12H2,1-2H3;1H. The lowest BCUT2D eigenvalue weighted by atomic mass is 10.2. The largest absolute Gasteiger partial charge is 0.484 e. The van der Waals surface area contributed by atoms with Gasteiger partial charge in [-0.3, -0.25) is 4.79 Å². The van der Waals surface area contributed by atoms with Crippen molar-refractivity contribution < 1.29 is 9.53 Å². The highest BCUT2D eigenvalue weighted by Gasteiger charge is 2.28. The summed E-state index contributed by atoms with van der Waals surface area (Å²) in [5.74, 6) is 0.849. The average Bonchev–Trinajstić information content (AvgIpc) is 2.94. The number of ether oxygens (including phenoxy) is 1. The molecule has 118 valence electrons. The van der Waals surface area contributed by atoms with Crippen LogP contribution in [0, 0.1) is 0 Å². The van der Waals surface area contributed by atoms with Crippen molar-refractivity contribution in [3.05, 3.63) is 29.8 Å². The second kappa shape index (κ2) is 8.90. The molecule has 1 N–H and O–H groups in total. The van der Waals surface area contributed by atoms with E-state index in [1.807, 2.05) is 36.2 Å². The number of hydrogen-bond acceptors (Lipinski definition) is 3. The summed E-state index contributed by atoms with van der Waals surface area (Å²) in [6, 6.07) is 8.26. The van der Waals surface area contributed by atoms with E-state index in [1.54, 1.807) is 0 Å². The van der Waals surface area contributed by atoms with Crippen LogP contribution in [0.3, 0.4) is 0 Å². The zero-order chi connectivity index (χ0) is 14.4. The SMILES string of the molecule is CCc1ccc(OCC(=O)N2CCCC2CNC)cc1.Cl. The van der Waals surface area contributed by atoms with Crippen LogP contribution >= 0.6 is 12.4 Å². The Bertz CT molecular complexity index is 436. The quantitative estimate of drug-likeness (QED) is 0.876. The van der Waals surface area contributed by atoms with E-state index in [4.69, 9.17) is 4.74 Å². The molecule has 1 fully saturated rings. The van der Waals surface area contributed by atoms with Gasteiger partial charge in [-0.2, -0.15) is 0 Å². The number of likely N-dealkylation sites (N-methyl/N-ethyl adjacent to an activating group) is 1. The minimum atomic E-state index is 0. The predicted molar refractivity (Wildman–Crippen MR) is 87.2 cm³/mol. The third-order valence-corrected chi connectivity index (χ3v) is 3.83. The van der Waals surface area contributed by atoms with E-state index in [1.165, 1.54) is 5.56 Å². The lowest BCUT2D eigenvalue weighted by Crippen LogP contribution is -2.43. The molecular weight excluding hydrogens is 288 g/mol. The average molecular weight is 313 g/mol. The topological polar surface area (TPSA) is 41.6 Å². The number of likely N-dealkylation sites (tertiary alicyclic amines) is 1. The van der Waals surface area contributed by atoms with E-state index >= 15 is 0 Å². The van der Waals surface area contributed by atoms with Crippen LogP contribution in [0.1, 0.15) is 25.3 Å². The van der Waals surface area contributed by atoms with Crippen molar-refractivity contribution in [2.24, 2.45) is 0 Å². The number of carbonyl (C=O) groups excluding carboxylic acids is 1. The molecule has 1 aliphatic heterocycles. The molecule has 1 saturated heterocycles. The highest BCUT2D eigenvalue weighted by atomic mass is 35.5. The number of halogens is 1. The summed E-state index contributed by atoms with van der Waals surface area (Å²) in [6.45, 7) is 3.96. The molecule has 1 aliphatic rings. The number of hydrogen-bond donors (Lipinski definition) is 1. The first kappa shape index (κ1) is 17.8. The van der Waals surface area contributed by atoms with Crippen molar-refractivity contribution in [2.75, 3.05) is 26.7 Å². The monoisotopic (exact) mass is 312 g/mol. The third-order valence-electron chi connectivity index (χ3n) is 3.83. The minimum Gasteiger partial charge on any atom is -0.484 e. The van der Waals surface area contributed by atoms with Crippen molar-refractivity contribution in [2.45, 2.75) is 32.2 Å². The van der Waals surface area contributed by atoms with E-state index in [-0.39, 0.29) is 24.9 Å². The summed E-state index contributed by atoms with van der Waals surface area (Å²) in [5, 5.41) is 3.15. The van der Waals surface area contributed by atoms with Crippen LogP contribution in [-0.4, -0.2) is 43.6 Å². The number of nitrogens with zero attached hydrogens (tertiary/aromatic N) is 1. The van der Waals surface area contributed by atoms with Gasteiger partial charge in [0.15, 0.2) is 6.61 Å². The molecule has 0 aliphatic carbocycles. The van der Waals surface area contributed by atoms with Gasteiger partial charge < -0.3 is 15.0 Å². The summed E-state index contributed by atoms with van der Waals surface area (Å²) in [6.07, 6.45) is 3.18. The van der Waals surface area contributed by atoms with Gasteiger partial charge in [0, 0.05) is 19.1 Å². The Morgan fingerprint density at radius 1 is 1.38 bits per heavy atom. The minimum absolute atomic E-state index is 0. The maximum Gasteiger partial charge on any atom is 0.260 e. The summed E-state index contributed by atoms with van der Waals surface area (Å²) in [5.41, 5.74) is 1.28. The predicted octanol–water partition coefficient (Wildman–Crippen LogP) is 2.26. The maximum absolute atomic E-state index is 12.2. The second-order valence-corrected chi connectivity index (χ2v) is 5.23. The fraction of sp³-hybridized carbons (Fsp3) is 0.562. The molecule has 0 saturated carbocycles. The highest BCUT2D eigenvalue weighted by molar-refractivity contribution is 5.85. The van der Waals surface area contributed by atoms with Gasteiger partial charge in [-0.05, 0) is 44.0 Å². The molecule has 0 aromatic heterocycles. The molecule has 1 aromatic carbocycles. The number of amides is 1. The van der Waals surface area contributed by atoms with Crippen LogP contribution < -0.4 is 10.1 Å². The van der Waals surface area contributed by atoms with Crippen molar-refractivity contribution in [1.29, 1.82) is 0 Å². The number of aryl methyl sites for hydroxylation is 1. The van der Waals surface area contributed by atoms with Crippen molar-refractivity contribution >= 4 is 18.3 Å². The maximum atomic E-state index is 12.2. The van der Waals surface area contributed by atoms with E-state index in [0.717, 1.165) is 38.1 Å². The third kappa shape index (κ3) is 4.90. The van der Waals surface area contributed by atoms with Gasteiger partial charge in [-0.1, -0.05) is 19.1 Å². The molecule has 1 unspecified atom stereocenters. The van der Waals surface area contributed by atoms with Crippen LogP contribution in [0.2, 0.25) is 0 Å². The molecule has 2 rings (SSSR count). The number of nitrogens with one attached hydrogen (secondary N) is 1. The fourth-order valence-corrected chi connectivity index (χ4v) is 2.66. The lowest BCUT2D eigenvalue weighted by Gasteiger charge is -2.24. The Kier molecular flexibility index (Phi) is 7.54. The van der Waals surface area contributed by atoms with Crippen molar-refractivity contribution in [3.63, 3.8) is 0 Å². The number of rotatable bonds is 6. The molecule has 5 heteroatoms. The Morgan fingerprint density at radius 3 is 2.71 bits per heavy atom. The molecule has 21 heavy (non-hydrogen) atoms. The van der Waals surface area contributed by atoms with E-state index in [2.05, 4.69) is 12.2 Å². The fourth-order valence-electron chi connectivity index (χ4n) is 2.66. The normalized spacial score (nSPS) is 17.4. The zero-order valence-electron chi connectivity index (χ0n) is 12.8. The molecule has 4 nitrogen and oxygen atoms in total. The molecule has 1 heterocycles. The van der Waals surface area contributed by atoms with Gasteiger partial charge >= 0.3 is 0 Å². The van der Waals surface area contributed by atoms with Crippen LogP contribution in [0.25, 0.3) is 0 Å². The van der Waals surface area contributed by atoms with Crippen LogP contribution in [0.4, 0.5) is 0 Å². The molecule has 1 amide bonds. The van der Waals surface area contributed by atoms with Crippen LogP contribution in [-0.2, 0) is 11.2 Å². The highest BCUT2D eigenvalue weighted by Crippen LogP contribution is 2.18. The molecule has 1 atom stereocenters. The summed E-state index contributed by atoms with van der Waals surface area (Å²) >= 11 is 0. The van der Waals surface area contributed by atoms with Gasteiger partial charge in [0.1, 0.15) is 5.75 Å². The van der Waals surface area contributed by atoms with Crippen LogP contribution in [0.15, 0.2) is 24.3 Å². The Hall–Kier alpha value is -1.26. The molecular formula is C16H25ClN2O2. The van der Waals surface area contributed by atoms with Gasteiger partial charge in [0.05, 0.1) is 0 Å². The van der Waals surface area contributed by atoms with Crippen molar-refractivity contribution in [3.8, 4) is 5.75 Å². The summed E-state index contributed by atoms with van der Waals surface area (Å²) in [4.78, 5) is 14.1. The van der Waals surface area contributed by atoms with E-state index < -0.39 is 0 Å².